The number of carbonyl (C=O) groups is 1. The summed E-state index contributed by atoms with van der Waals surface area (Å²) >= 11 is 6.51. The minimum atomic E-state index is -3.02. The number of nitrogens with one attached hydrogen (secondary N) is 1. The predicted molar refractivity (Wildman–Crippen MR) is 217 cm³/mol. The van der Waals surface area contributed by atoms with Crippen LogP contribution in [0.25, 0.3) is 0 Å². The van der Waals surface area contributed by atoms with Crippen LogP contribution in [0.5, 0.6) is 5.75 Å². The van der Waals surface area contributed by atoms with Crippen molar-refractivity contribution in [2.45, 2.75) is 93.4 Å². The van der Waals surface area contributed by atoms with Crippen LogP contribution in [-0.2, 0) is 26.3 Å². The molecule has 8 rings (SSSR count). The topological polar surface area (TPSA) is 74.4 Å². The van der Waals surface area contributed by atoms with Gasteiger partial charge in [0, 0.05) is 93.1 Å². The van der Waals surface area contributed by atoms with Crippen molar-refractivity contribution in [1.82, 2.24) is 14.5 Å². The molecule has 2 aromatic rings. The van der Waals surface area contributed by atoms with Gasteiger partial charge in [-0.3, -0.25) is 19.3 Å². The summed E-state index contributed by atoms with van der Waals surface area (Å²) in [6.07, 6.45) is 9.81. The molecule has 55 heavy (non-hydrogen) atoms. The Bertz CT molecular complexity index is 1930. The van der Waals surface area contributed by atoms with Gasteiger partial charge in [0.1, 0.15) is 11.4 Å². The molecule has 2 aliphatic carbocycles. The Hall–Kier alpha value is -2.70. The summed E-state index contributed by atoms with van der Waals surface area (Å²) in [6, 6.07) is 11.6. The number of benzene rings is 2. The highest BCUT2D eigenvalue weighted by Crippen LogP contribution is 2.49. The van der Waals surface area contributed by atoms with Gasteiger partial charge in [0.25, 0.3) is 11.8 Å². The Morgan fingerprint density at radius 3 is 2.71 bits per heavy atom. The molecule has 8 atom stereocenters. The van der Waals surface area contributed by atoms with Crippen molar-refractivity contribution in [3.63, 3.8) is 0 Å². The number of carbonyl (C=O) groups excluding carboxylic acids is 1. The number of hydrogen-bond acceptors (Lipinski definition) is 7. The Labute approximate surface area is 331 Å². The van der Waals surface area contributed by atoms with Crippen LogP contribution < -0.4 is 14.4 Å². The first-order chi connectivity index (χ1) is 26.2. The number of methoxy groups -OCH3 is 1. The number of aryl methyl sites for hydroxylation is 1. The molecule has 2 saturated heterocycles. The zero-order valence-corrected chi connectivity index (χ0v) is 34.1. The number of hydrogen-bond donors (Lipinski definition) is 1. The number of fused-ring (bicyclic) bond motifs is 5. The van der Waals surface area contributed by atoms with Crippen molar-refractivity contribution in [3.8, 4) is 5.75 Å². The minimum absolute atomic E-state index is 0.0467. The molecule has 1 N–H and O–H groups in total. The molecule has 1 amide bonds. The van der Waals surface area contributed by atoms with Crippen molar-refractivity contribution in [2.75, 3.05) is 64.4 Å². The molecule has 4 heterocycles. The van der Waals surface area contributed by atoms with E-state index < -0.39 is 32.4 Å². The van der Waals surface area contributed by atoms with Crippen LogP contribution in [0.1, 0.15) is 80.3 Å². The van der Waals surface area contributed by atoms with E-state index in [1.54, 1.807) is 13.2 Å². The third-order valence-corrected chi connectivity index (χ3v) is 16.6. The average molecular weight is 799 g/mol. The number of piperazine rings is 1. The number of allylic oxidation sites excluding steroid dienone is 1. The quantitative estimate of drug-likeness (QED) is 0.266. The minimum Gasteiger partial charge on any atom is -0.490 e. The highest BCUT2D eigenvalue weighted by atomic mass is 35.5. The maximum absolute atomic E-state index is 14.6. The van der Waals surface area contributed by atoms with E-state index in [-0.39, 0.29) is 42.1 Å². The van der Waals surface area contributed by atoms with Gasteiger partial charge < -0.3 is 14.4 Å². The van der Waals surface area contributed by atoms with Gasteiger partial charge in [-0.05, 0) is 111 Å². The van der Waals surface area contributed by atoms with Crippen molar-refractivity contribution in [1.29, 1.82) is 0 Å². The van der Waals surface area contributed by atoms with Gasteiger partial charge in [0.2, 0.25) is 0 Å². The molecule has 8 nitrogen and oxygen atoms in total. The number of nitrogens with zero attached hydrogens (tertiary/aromatic N) is 3. The first-order valence-corrected chi connectivity index (χ1v) is 22.4. The van der Waals surface area contributed by atoms with Gasteiger partial charge in [-0.1, -0.05) is 36.7 Å². The fraction of sp³-hybridized carbons (Fsp3) is 0.628. The molecule has 3 fully saturated rings. The molecule has 0 radical (unpaired) electrons. The van der Waals surface area contributed by atoms with Crippen LogP contribution in [0.4, 0.5) is 14.5 Å². The van der Waals surface area contributed by atoms with Crippen LogP contribution in [0.2, 0.25) is 5.02 Å². The Morgan fingerprint density at radius 2 is 1.93 bits per heavy atom. The maximum Gasteiger partial charge on any atom is 0.262 e. The molecule has 4 aliphatic heterocycles. The van der Waals surface area contributed by atoms with Gasteiger partial charge in [0.05, 0.1) is 22.0 Å². The smallest absolute Gasteiger partial charge is 0.262 e. The second-order valence-electron chi connectivity index (χ2n) is 17.6. The normalized spacial score (nSPS) is 37.3. The lowest BCUT2D eigenvalue weighted by Crippen LogP contribution is -2.62. The van der Waals surface area contributed by atoms with Crippen LogP contribution >= 0.6 is 11.6 Å². The Kier molecular flexibility index (Phi) is 10.6. The van der Waals surface area contributed by atoms with Gasteiger partial charge in [0.15, 0.2) is 0 Å². The van der Waals surface area contributed by atoms with Crippen molar-refractivity contribution in [2.24, 2.45) is 17.8 Å². The zero-order valence-electron chi connectivity index (χ0n) is 32.5. The van der Waals surface area contributed by atoms with Crippen molar-refractivity contribution >= 4 is 38.8 Å². The highest BCUT2D eigenvalue weighted by Gasteiger charge is 2.51. The molecular weight excluding hydrogens is 742 g/mol. The maximum atomic E-state index is 14.6. The molecule has 2 bridgehead atoms. The SMILES string of the molecule is C=S1(=O)NC(=O)c2ccc3c(c2)N(C[C@@H]2CC[C@H]2[C@](CN2CCN4CCC(F)(F)C[C@@H]4C2)(OC)/C=C/C[C@H](C)[C@H]1C)C[C@@]1(CCCc2cc(Cl)ccc21)CO3. The van der Waals surface area contributed by atoms with Crippen LogP contribution in [0.15, 0.2) is 48.6 Å². The van der Waals surface area contributed by atoms with Gasteiger partial charge in [-0.15, -0.1) is 0 Å². The number of alkyl halides is 2. The van der Waals surface area contributed by atoms with E-state index in [0.717, 1.165) is 68.2 Å². The first kappa shape index (κ1) is 39.1. The summed E-state index contributed by atoms with van der Waals surface area (Å²) in [5.74, 6) is 2.13. The second-order valence-corrected chi connectivity index (χ2v) is 20.4. The van der Waals surface area contributed by atoms with Crippen LogP contribution in [0, 0.1) is 17.8 Å². The fourth-order valence-electron chi connectivity index (χ4n) is 10.6. The van der Waals surface area contributed by atoms with Gasteiger partial charge >= 0.3 is 0 Å². The summed E-state index contributed by atoms with van der Waals surface area (Å²) < 4.78 is 59.6. The molecule has 12 heteroatoms. The fourth-order valence-corrected chi connectivity index (χ4v) is 12.3. The lowest BCUT2D eigenvalue weighted by Gasteiger charge is -2.53. The largest absolute Gasteiger partial charge is 0.490 e. The average Bonchev–Trinajstić information content (AvgIpc) is 3.28. The van der Waals surface area contributed by atoms with E-state index in [2.05, 4.69) is 49.6 Å². The molecule has 1 saturated carbocycles. The highest BCUT2D eigenvalue weighted by molar-refractivity contribution is 7.99. The third kappa shape index (κ3) is 7.57. The molecule has 1 unspecified atom stereocenters. The van der Waals surface area contributed by atoms with E-state index in [9.17, 15) is 17.8 Å². The summed E-state index contributed by atoms with van der Waals surface area (Å²) in [5.41, 5.74) is 2.87. The summed E-state index contributed by atoms with van der Waals surface area (Å²) in [7, 11) is -1.22. The van der Waals surface area contributed by atoms with Gasteiger partial charge in [-0.2, -0.15) is 0 Å². The number of rotatable bonds is 3. The number of halogens is 3. The molecule has 300 valence electrons. The van der Waals surface area contributed by atoms with E-state index >= 15 is 0 Å². The monoisotopic (exact) mass is 798 g/mol. The summed E-state index contributed by atoms with van der Waals surface area (Å²) in [5, 5.41) is 0.337. The van der Waals surface area contributed by atoms with Crippen LogP contribution in [0.3, 0.4) is 0 Å². The van der Waals surface area contributed by atoms with E-state index in [4.69, 9.17) is 21.1 Å². The molecule has 1 spiro atoms. The van der Waals surface area contributed by atoms with E-state index in [1.165, 1.54) is 11.1 Å². The third-order valence-electron chi connectivity index (χ3n) is 14.2. The van der Waals surface area contributed by atoms with E-state index in [1.807, 2.05) is 32.0 Å². The molecule has 6 aliphatic rings. The van der Waals surface area contributed by atoms with Crippen LogP contribution in [-0.4, -0.2) is 108 Å². The van der Waals surface area contributed by atoms with Crippen molar-refractivity contribution < 1.29 is 27.3 Å². The summed E-state index contributed by atoms with van der Waals surface area (Å²) in [6.45, 7) is 9.11. The van der Waals surface area contributed by atoms with Crippen molar-refractivity contribution in [3.05, 3.63) is 70.3 Å². The summed E-state index contributed by atoms with van der Waals surface area (Å²) in [4.78, 5) is 20.9. The molecular formula is C43H57ClF2N4O4S. The lowest BCUT2D eigenvalue weighted by atomic mass is 9.63. The standard InChI is InChI=1S/C43H57ClF2N4O4S/c1-29-7-5-16-42(53-3,27-48-19-20-49-18-17-43(45,46)23-35(49)25-48)37-12-9-33(37)24-50-26-41(15-6-8-31-21-34(44)11-13-36(31)41)28-54-39-14-10-32(22-38(39)50)40(51)47-55(4,52)30(29)2/h5,10-11,13-14,16,21-22,29-30,33,35,37H,4,6-9,12,15,17-20,23-28H2,1-3H3,(H,47,51,52)/b16-5+/t29-,30+,33-,35+,37+,41-,42-,55?/m0/s1. The lowest BCUT2D eigenvalue weighted by molar-refractivity contribution is -0.119. The zero-order chi connectivity index (χ0) is 38.8. The molecule has 2 aromatic carbocycles. The number of anilines is 1. The number of ether oxygens (including phenoxy) is 2. The Morgan fingerprint density at radius 1 is 1.09 bits per heavy atom. The van der Waals surface area contributed by atoms with E-state index in [0.29, 0.717) is 44.8 Å². The Balaban J connectivity index is 1.18. The van der Waals surface area contributed by atoms with Gasteiger partial charge in [-0.25, -0.2) is 13.0 Å². The second kappa shape index (κ2) is 14.9. The molecule has 0 aromatic heterocycles. The number of piperidine rings is 1. The first-order valence-electron chi connectivity index (χ1n) is 20.3. The predicted octanol–water partition coefficient (Wildman–Crippen LogP) is 6.99. The number of amides is 1.